The summed E-state index contributed by atoms with van der Waals surface area (Å²) in [5, 5.41) is 12.7. The van der Waals surface area contributed by atoms with Gasteiger partial charge in [-0.25, -0.2) is 0 Å². The van der Waals surface area contributed by atoms with Crippen LogP contribution in [0.5, 0.6) is 0 Å². The van der Waals surface area contributed by atoms with E-state index in [4.69, 9.17) is 5.73 Å². The van der Waals surface area contributed by atoms with Crippen molar-refractivity contribution in [2.75, 3.05) is 27.7 Å². The molecule has 4 bridgehead atoms. The number of aromatic nitrogens is 2. The molecule has 3 N–H and O–H groups in total. The molecule has 0 saturated carbocycles. The van der Waals surface area contributed by atoms with Crippen molar-refractivity contribution in [3.8, 4) is 17.3 Å². The molecular formula is C25H22F2IN6O-. The number of amides is 1. The van der Waals surface area contributed by atoms with Gasteiger partial charge in [-0.1, -0.05) is 0 Å². The number of nitrogens with two attached hydrogens (primary N) is 1. The average molecular weight is 587 g/mol. The number of aryl methyl sites for hydroxylation is 1. The monoisotopic (exact) mass is 587 g/mol. The van der Waals surface area contributed by atoms with E-state index in [1.165, 1.54) is 18.3 Å². The van der Waals surface area contributed by atoms with Crippen LogP contribution in [-0.2, 0) is 0 Å². The third kappa shape index (κ3) is 4.46. The molecule has 180 valence electrons. The van der Waals surface area contributed by atoms with E-state index < -0.39 is 44.8 Å². The number of hydrogen-bond acceptors (Lipinski definition) is 6. The van der Waals surface area contributed by atoms with Gasteiger partial charge in [-0.2, -0.15) is 0 Å². The Balaban J connectivity index is 1.70. The summed E-state index contributed by atoms with van der Waals surface area (Å²) in [6.07, 6.45) is 3.17. The Morgan fingerprint density at radius 1 is 1.23 bits per heavy atom. The van der Waals surface area contributed by atoms with Gasteiger partial charge < -0.3 is 0 Å². The number of nitriles is 1. The molecule has 3 aromatic rings. The van der Waals surface area contributed by atoms with Crippen molar-refractivity contribution in [3.05, 3.63) is 69.2 Å². The molecule has 2 aliphatic heterocycles. The molecule has 5 rings (SSSR count). The van der Waals surface area contributed by atoms with Crippen LogP contribution in [0.15, 0.2) is 42.7 Å². The number of halogens is 3. The van der Waals surface area contributed by atoms with Gasteiger partial charge in [0.1, 0.15) is 0 Å². The molecule has 2 aromatic heterocycles. The average Bonchev–Trinajstić information content (AvgIpc) is 2.82. The molecule has 0 spiro atoms. The summed E-state index contributed by atoms with van der Waals surface area (Å²) in [4.78, 5) is 23.6. The van der Waals surface area contributed by atoms with Gasteiger partial charge in [-0.15, -0.1) is 0 Å². The van der Waals surface area contributed by atoms with E-state index in [-0.39, 0.29) is 28.8 Å². The zero-order valence-corrected chi connectivity index (χ0v) is 21.0. The van der Waals surface area contributed by atoms with Crippen LogP contribution in [0.25, 0.3) is 11.3 Å². The summed E-state index contributed by atoms with van der Waals surface area (Å²) in [6, 6.07) is 9.39. The predicted octanol–water partition coefficient (Wildman–Crippen LogP) is 0.158. The number of piperidine rings is 1. The summed E-state index contributed by atoms with van der Waals surface area (Å²) in [7, 11) is 0. The van der Waals surface area contributed by atoms with Gasteiger partial charge in [0, 0.05) is 0 Å². The Labute approximate surface area is 211 Å². The van der Waals surface area contributed by atoms with Crippen molar-refractivity contribution in [1.82, 2.24) is 9.97 Å². The van der Waals surface area contributed by atoms with Gasteiger partial charge >= 0.3 is 212 Å². The zero-order valence-electron chi connectivity index (χ0n) is 18.8. The molecule has 35 heavy (non-hydrogen) atoms. The molecule has 4 heterocycles. The first-order chi connectivity index (χ1) is 16.9. The van der Waals surface area contributed by atoms with Crippen molar-refractivity contribution in [2.24, 2.45) is 17.6 Å². The fraction of sp³-hybridized carbons (Fsp3) is 0.280. The molecule has 1 amide bonds. The molecule has 0 radical (unpaired) electrons. The zero-order chi connectivity index (χ0) is 24.7. The molecule has 1 fully saturated rings. The van der Waals surface area contributed by atoms with Crippen LogP contribution in [-0.4, -0.2) is 39.4 Å². The molecule has 0 aliphatic carbocycles. The van der Waals surface area contributed by atoms with Crippen LogP contribution in [0.4, 0.5) is 20.2 Å². The molecule has 7 nitrogen and oxygen atoms in total. The number of hydrogen-bond donors (Lipinski definition) is 2. The predicted molar refractivity (Wildman–Crippen MR) is 123 cm³/mol. The number of rotatable bonds is 0. The fourth-order valence-electron chi connectivity index (χ4n) is 4.63. The minimum absolute atomic E-state index is 0.0323. The number of pyridine rings is 2. The molecule has 10 heteroatoms. The topological polar surface area (TPSA) is 108 Å². The number of fused-ring (bicyclic) bond motifs is 8. The van der Waals surface area contributed by atoms with Crippen LogP contribution in [0.1, 0.15) is 16.1 Å². The summed E-state index contributed by atoms with van der Waals surface area (Å²) in [5.74, 6) is -2.28. The van der Waals surface area contributed by atoms with Gasteiger partial charge in [0.05, 0.1) is 0 Å². The van der Waals surface area contributed by atoms with Crippen LogP contribution in [0, 0.1) is 45.3 Å². The van der Waals surface area contributed by atoms with Crippen molar-refractivity contribution in [3.63, 3.8) is 0 Å². The molecule has 1 aromatic carbocycles. The third-order valence-corrected chi connectivity index (χ3v) is 9.56. The molecule has 3 atom stereocenters. The Hall–Kier alpha value is -3.17. The number of nitrogens with one attached hydrogen (secondary N) is 1. The maximum absolute atomic E-state index is 15.3. The standard InChI is InChI=1S/C25H22F2IN6O/c1-13-6-17(27)23-18(7-13)28-8-14-11-34(12-19(30)15(14)9-29)22-4-5-31-10-21(22)33-25(35)20-3-2-16(26)24(23)32-20/h2-7,10,14-15,19H,8,11-12,30H2,1H3,(H,33,35)/q-1/t14-,15-,19+/m0/s1. The van der Waals surface area contributed by atoms with Crippen molar-refractivity contribution >= 4 is 17.3 Å². The summed E-state index contributed by atoms with van der Waals surface area (Å²) >= 11 is -0.838. The Morgan fingerprint density at radius 3 is 2.86 bits per heavy atom. The third-order valence-electron chi connectivity index (χ3n) is 6.31. The van der Waals surface area contributed by atoms with Gasteiger partial charge in [-0.05, 0) is 0 Å². The maximum atomic E-state index is 15.3. The van der Waals surface area contributed by atoms with Crippen LogP contribution in [0.3, 0.4) is 0 Å². The Morgan fingerprint density at radius 2 is 2.06 bits per heavy atom. The van der Waals surface area contributed by atoms with Crippen LogP contribution >= 0.6 is 0 Å². The first kappa shape index (κ1) is 23.6. The first-order valence-electron chi connectivity index (χ1n) is 11.1. The Kier molecular flexibility index (Phi) is 6.37. The number of nitrogens with zero attached hydrogens (tertiary/aromatic N) is 4. The van der Waals surface area contributed by atoms with Crippen molar-refractivity contribution < 1.29 is 34.8 Å². The number of benzene rings is 1. The molecular weight excluding hydrogens is 565 g/mol. The summed E-state index contributed by atoms with van der Waals surface area (Å²) in [6.45, 7) is 2.79. The van der Waals surface area contributed by atoms with E-state index in [9.17, 15) is 14.4 Å². The normalized spacial score (nSPS) is 22.0. The van der Waals surface area contributed by atoms with Crippen molar-refractivity contribution in [2.45, 2.75) is 13.0 Å². The van der Waals surface area contributed by atoms with Gasteiger partial charge in [0.25, 0.3) is 0 Å². The second-order valence-electron chi connectivity index (χ2n) is 8.75. The van der Waals surface area contributed by atoms with Crippen LogP contribution in [0.2, 0.25) is 0 Å². The van der Waals surface area contributed by atoms with E-state index >= 15 is 4.39 Å². The quantitative estimate of drug-likeness (QED) is 0.287. The SMILES string of the molecule is Cc1cc(F)c2c(c1)[I-]C[C@H]1CN(C[C@@H](N)[C@H]1C#N)c1ccncc1NC(=O)c1ccc(F)c-2n1. The van der Waals surface area contributed by atoms with Gasteiger partial charge in [0.2, 0.25) is 0 Å². The van der Waals surface area contributed by atoms with E-state index in [0.717, 1.165) is 17.3 Å². The van der Waals surface area contributed by atoms with E-state index in [0.29, 0.717) is 26.8 Å². The first-order valence-corrected chi connectivity index (χ1v) is 13.7. The molecule has 2 aliphatic rings. The number of alkyl halides is 1. The summed E-state index contributed by atoms with van der Waals surface area (Å²) < 4.78 is 31.6. The number of carbonyl (C=O) groups is 1. The second-order valence-corrected chi connectivity index (χ2v) is 11.6. The summed E-state index contributed by atoms with van der Waals surface area (Å²) in [5.41, 5.74) is 8.22. The minimum atomic E-state index is -0.838. The van der Waals surface area contributed by atoms with Crippen LogP contribution < -0.4 is 37.2 Å². The van der Waals surface area contributed by atoms with E-state index in [1.807, 2.05) is 6.07 Å². The van der Waals surface area contributed by atoms with Crippen molar-refractivity contribution in [1.29, 1.82) is 5.26 Å². The fourth-order valence-corrected chi connectivity index (χ4v) is 8.11. The Bertz CT molecular complexity index is 1360. The van der Waals surface area contributed by atoms with Gasteiger partial charge in [0.15, 0.2) is 0 Å². The number of anilines is 2. The van der Waals surface area contributed by atoms with E-state index in [1.54, 1.807) is 19.2 Å². The number of carbonyl (C=O) groups excluding carboxylic acids is 1. The second kappa shape index (κ2) is 9.47. The van der Waals surface area contributed by atoms with Gasteiger partial charge in [-0.3, -0.25) is 0 Å². The molecule has 0 unspecified atom stereocenters. The van der Waals surface area contributed by atoms with E-state index in [2.05, 4.69) is 26.3 Å². The molecule has 1 saturated heterocycles.